The molecule has 0 aliphatic heterocycles. The van der Waals surface area contributed by atoms with Crippen LogP contribution >= 0.6 is 11.3 Å². The standard InChI is InChI=1S/C14H12FN3O2S/c1-8-12(21-14-16-7-17-18(8)14)9(2)20-13(19)10-3-5-11(15)6-4-10/h3-7,9H,1-2H3/t9-/m0/s1. The summed E-state index contributed by atoms with van der Waals surface area (Å²) in [5, 5.41) is 4.10. The van der Waals surface area contributed by atoms with E-state index in [1.54, 1.807) is 11.4 Å². The van der Waals surface area contributed by atoms with Crippen LogP contribution in [0, 0.1) is 12.7 Å². The third kappa shape index (κ3) is 2.52. The number of nitrogens with zero attached hydrogens (tertiary/aromatic N) is 3. The van der Waals surface area contributed by atoms with Gasteiger partial charge in [0.1, 0.15) is 18.2 Å². The molecule has 21 heavy (non-hydrogen) atoms. The topological polar surface area (TPSA) is 56.5 Å². The van der Waals surface area contributed by atoms with Crippen LogP contribution in [0.4, 0.5) is 4.39 Å². The summed E-state index contributed by atoms with van der Waals surface area (Å²) >= 11 is 1.43. The maximum absolute atomic E-state index is 12.8. The van der Waals surface area contributed by atoms with Gasteiger partial charge in [0, 0.05) is 0 Å². The van der Waals surface area contributed by atoms with E-state index in [4.69, 9.17) is 4.74 Å². The zero-order valence-corrected chi connectivity index (χ0v) is 12.2. The second-order valence-electron chi connectivity index (χ2n) is 4.56. The summed E-state index contributed by atoms with van der Waals surface area (Å²) in [6.07, 6.45) is 1.06. The van der Waals surface area contributed by atoms with Crippen molar-refractivity contribution in [1.82, 2.24) is 14.6 Å². The number of thiazole rings is 1. The number of fused-ring (bicyclic) bond motifs is 1. The van der Waals surface area contributed by atoms with E-state index in [2.05, 4.69) is 10.1 Å². The fourth-order valence-electron chi connectivity index (χ4n) is 2.05. The van der Waals surface area contributed by atoms with Crippen molar-refractivity contribution in [2.24, 2.45) is 0 Å². The van der Waals surface area contributed by atoms with E-state index in [1.807, 2.05) is 6.92 Å². The first-order valence-corrected chi connectivity index (χ1v) is 7.13. The summed E-state index contributed by atoms with van der Waals surface area (Å²) in [6.45, 7) is 3.69. The van der Waals surface area contributed by atoms with Gasteiger partial charge in [-0.05, 0) is 38.1 Å². The summed E-state index contributed by atoms with van der Waals surface area (Å²) in [6, 6.07) is 5.27. The highest BCUT2D eigenvalue weighted by Gasteiger charge is 2.20. The average Bonchev–Trinajstić information content (AvgIpc) is 3.03. The molecule has 0 radical (unpaired) electrons. The Morgan fingerprint density at radius 2 is 2.10 bits per heavy atom. The van der Waals surface area contributed by atoms with Gasteiger partial charge in [-0.3, -0.25) is 0 Å². The molecule has 0 aliphatic carbocycles. The second kappa shape index (κ2) is 5.25. The van der Waals surface area contributed by atoms with Gasteiger partial charge in [0.15, 0.2) is 0 Å². The molecule has 1 aromatic carbocycles. The molecule has 3 rings (SSSR count). The molecule has 3 aromatic rings. The maximum Gasteiger partial charge on any atom is 0.338 e. The zero-order chi connectivity index (χ0) is 15.0. The highest BCUT2D eigenvalue weighted by Crippen LogP contribution is 2.29. The summed E-state index contributed by atoms with van der Waals surface area (Å²) in [7, 11) is 0. The normalized spacial score (nSPS) is 12.5. The van der Waals surface area contributed by atoms with Gasteiger partial charge < -0.3 is 4.74 Å². The minimum Gasteiger partial charge on any atom is -0.453 e. The van der Waals surface area contributed by atoms with Crippen LogP contribution in [-0.2, 0) is 4.74 Å². The van der Waals surface area contributed by atoms with Gasteiger partial charge in [0.2, 0.25) is 4.96 Å². The quantitative estimate of drug-likeness (QED) is 0.697. The molecule has 0 aliphatic rings. The number of hydrogen-bond donors (Lipinski definition) is 0. The molecule has 2 aromatic heterocycles. The van der Waals surface area contributed by atoms with Crippen molar-refractivity contribution in [2.45, 2.75) is 20.0 Å². The van der Waals surface area contributed by atoms with E-state index in [1.165, 1.54) is 41.9 Å². The molecule has 0 fully saturated rings. The molecule has 0 saturated heterocycles. The Bertz CT molecular complexity index is 794. The van der Waals surface area contributed by atoms with Crippen molar-refractivity contribution in [3.8, 4) is 0 Å². The Labute approximate surface area is 124 Å². The van der Waals surface area contributed by atoms with Crippen LogP contribution < -0.4 is 0 Å². The fourth-order valence-corrected chi connectivity index (χ4v) is 3.07. The number of ether oxygens (including phenoxy) is 1. The molecule has 5 nitrogen and oxygen atoms in total. The Morgan fingerprint density at radius 3 is 2.76 bits per heavy atom. The van der Waals surface area contributed by atoms with Crippen molar-refractivity contribution < 1.29 is 13.9 Å². The van der Waals surface area contributed by atoms with Crippen molar-refractivity contribution in [3.63, 3.8) is 0 Å². The number of carbonyl (C=O) groups is 1. The Balaban J connectivity index is 1.80. The lowest BCUT2D eigenvalue weighted by atomic mass is 10.2. The molecule has 0 bridgehead atoms. The first-order chi connectivity index (χ1) is 10.1. The molecule has 108 valence electrons. The van der Waals surface area contributed by atoms with Crippen molar-refractivity contribution in [3.05, 3.63) is 52.5 Å². The van der Waals surface area contributed by atoms with E-state index in [9.17, 15) is 9.18 Å². The third-order valence-corrected chi connectivity index (χ3v) is 4.43. The van der Waals surface area contributed by atoms with Gasteiger partial charge in [-0.25, -0.2) is 18.7 Å². The monoisotopic (exact) mass is 305 g/mol. The lowest BCUT2D eigenvalue weighted by molar-refractivity contribution is 0.0343. The fraction of sp³-hybridized carbons (Fsp3) is 0.214. The van der Waals surface area contributed by atoms with Crippen LogP contribution in [0.3, 0.4) is 0 Å². The number of aryl methyl sites for hydroxylation is 1. The van der Waals surface area contributed by atoms with Crippen LogP contribution in [0.25, 0.3) is 4.96 Å². The molecule has 7 heteroatoms. The van der Waals surface area contributed by atoms with Gasteiger partial charge in [-0.1, -0.05) is 11.3 Å². The summed E-state index contributed by atoms with van der Waals surface area (Å²) in [4.78, 5) is 17.8. The van der Waals surface area contributed by atoms with Crippen LogP contribution in [-0.4, -0.2) is 20.6 Å². The average molecular weight is 305 g/mol. The Morgan fingerprint density at radius 1 is 1.38 bits per heavy atom. The minimum atomic E-state index is -0.485. The Hall–Kier alpha value is -2.28. The lowest BCUT2D eigenvalue weighted by Gasteiger charge is -2.12. The van der Waals surface area contributed by atoms with E-state index in [-0.39, 0.29) is 5.82 Å². The molecule has 0 unspecified atom stereocenters. The highest BCUT2D eigenvalue weighted by molar-refractivity contribution is 7.17. The van der Waals surface area contributed by atoms with Gasteiger partial charge in [0.05, 0.1) is 16.1 Å². The van der Waals surface area contributed by atoms with Crippen LogP contribution in [0.15, 0.2) is 30.6 Å². The third-order valence-electron chi connectivity index (χ3n) is 3.12. The molecular formula is C14H12FN3O2S. The summed E-state index contributed by atoms with van der Waals surface area (Å²) in [5.74, 6) is -0.873. The molecule has 0 amide bonds. The molecule has 2 heterocycles. The van der Waals surface area contributed by atoms with E-state index in [0.717, 1.165) is 15.5 Å². The first-order valence-electron chi connectivity index (χ1n) is 6.32. The predicted octanol–water partition coefficient (Wildman–Crippen LogP) is 3.16. The van der Waals surface area contributed by atoms with Crippen LogP contribution in [0.5, 0.6) is 0 Å². The van der Waals surface area contributed by atoms with Crippen molar-refractivity contribution in [2.75, 3.05) is 0 Å². The van der Waals surface area contributed by atoms with Gasteiger partial charge in [0.25, 0.3) is 0 Å². The van der Waals surface area contributed by atoms with Crippen molar-refractivity contribution in [1.29, 1.82) is 0 Å². The molecule has 1 atom stereocenters. The van der Waals surface area contributed by atoms with Gasteiger partial charge in [-0.2, -0.15) is 5.10 Å². The van der Waals surface area contributed by atoms with E-state index >= 15 is 0 Å². The summed E-state index contributed by atoms with van der Waals surface area (Å²) < 4.78 is 20.0. The SMILES string of the molecule is Cc1c([C@H](C)OC(=O)c2ccc(F)cc2)sc2ncnn12. The largest absolute Gasteiger partial charge is 0.453 e. The van der Waals surface area contributed by atoms with Crippen LogP contribution in [0.1, 0.15) is 34.0 Å². The minimum absolute atomic E-state index is 0.320. The number of benzene rings is 1. The Kier molecular flexibility index (Phi) is 3.42. The van der Waals surface area contributed by atoms with E-state index < -0.39 is 12.1 Å². The molecular weight excluding hydrogens is 293 g/mol. The van der Waals surface area contributed by atoms with Crippen molar-refractivity contribution >= 4 is 22.3 Å². The van der Waals surface area contributed by atoms with Crippen LogP contribution in [0.2, 0.25) is 0 Å². The number of aromatic nitrogens is 3. The second-order valence-corrected chi connectivity index (χ2v) is 5.57. The number of halogens is 1. The number of esters is 1. The summed E-state index contributed by atoms with van der Waals surface area (Å²) in [5.41, 5.74) is 1.22. The van der Waals surface area contributed by atoms with E-state index in [0.29, 0.717) is 5.56 Å². The molecule has 0 saturated carbocycles. The predicted molar refractivity (Wildman–Crippen MR) is 75.8 cm³/mol. The highest BCUT2D eigenvalue weighted by atomic mass is 32.1. The van der Waals surface area contributed by atoms with Gasteiger partial charge in [-0.15, -0.1) is 0 Å². The zero-order valence-electron chi connectivity index (χ0n) is 11.4. The first kappa shape index (κ1) is 13.7. The lowest BCUT2D eigenvalue weighted by Crippen LogP contribution is -2.09. The number of hydrogen-bond acceptors (Lipinski definition) is 5. The molecule has 0 N–H and O–H groups in total. The molecule has 0 spiro atoms. The number of carbonyl (C=O) groups excluding carboxylic acids is 1. The maximum atomic E-state index is 12.8. The number of rotatable bonds is 3. The van der Waals surface area contributed by atoms with Gasteiger partial charge >= 0.3 is 5.97 Å². The smallest absolute Gasteiger partial charge is 0.338 e.